The van der Waals surface area contributed by atoms with Gasteiger partial charge in [0.05, 0.1) is 6.54 Å². The summed E-state index contributed by atoms with van der Waals surface area (Å²) in [5.74, 6) is -0.0171. The second-order valence-corrected chi connectivity index (χ2v) is 3.86. The molecule has 0 atom stereocenters. The molecule has 0 bridgehead atoms. The van der Waals surface area contributed by atoms with E-state index >= 15 is 0 Å². The van der Waals surface area contributed by atoms with Crippen molar-refractivity contribution in [3.8, 4) is 0 Å². The summed E-state index contributed by atoms with van der Waals surface area (Å²) in [6, 6.07) is 9.13. The van der Waals surface area contributed by atoms with Crippen molar-refractivity contribution in [3.05, 3.63) is 59.5 Å². The van der Waals surface area contributed by atoms with Gasteiger partial charge in [-0.2, -0.15) is 0 Å². The van der Waals surface area contributed by atoms with Crippen LogP contribution in [0.5, 0.6) is 0 Å². The van der Waals surface area contributed by atoms with Gasteiger partial charge in [0, 0.05) is 18.0 Å². The van der Waals surface area contributed by atoms with Crippen LogP contribution in [-0.2, 0) is 6.54 Å². The molecule has 4 nitrogen and oxygen atoms in total. The number of aryl methyl sites for hydroxylation is 1. The van der Waals surface area contributed by atoms with Crippen LogP contribution in [0.2, 0.25) is 0 Å². The summed E-state index contributed by atoms with van der Waals surface area (Å²) in [6.07, 6.45) is 3.22. The van der Waals surface area contributed by atoms with Crippen molar-refractivity contribution in [2.75, 3.05) is 0 Å². The van der Waals surface area contributed by atoms with Crippen LogP contribution >= 0.6 is 17.0 Å². The van der Waals surface area contributed by atoms with Crippen LogP contribution in [0.3, 0.4) is 0 Å². The number of rotatable bonds is 3. The average molecular weight is 308 g/mol. The van der Waals surface area contributed by atoms with Crippen molar-refractivity contribution in [1.82, 2.24) is 9.55 Å². The number of halogens is 1. The molecule has 0 spiro atoms. The molecule has 0 radical (unpaired) electrons. The van der Waals surface area contributed by atoms with Gasteiger partial charge in [0.25, 0.3) is 0 Å². The van der Waals surface area contributed by atoms with Gasteiger partial charge in [-0.25, -0.2) is 4.98 Å². The second-order valence-electron chi connectivity index (χ2n) is 3.86. The zero-order chi connectivity index (χ0) is 12.3. The van der Waals surface area contributed by atoms with Crippen molar-refractivity contribution in [2.24, 2.45) is 0 Å². The maximum atomic E-state index is 11.9. The zero-order valence-electron chi connectivity index (χ0n) is 9.96. The van der Waals surface area contributed by atoms with E-state index in [1.54, 1.807) is 24.4 Å². The third-order valence-electron chi connectivity index (χ3n) is 2.51. The van der Waals surface area contributed by atoms with Crippen molar-refractivity contribution < 1.29 is 4.79 Å². The average Bonchev–Trinajstić information content (AvgIpc) is 2.33. The largest absolute Gasteiger partial charge is 0.310 e. The molecule has 1 aromatic carbocycles. The first-order chi connectivity index (χ1) is 8.16. The van der Waals surface area contributed by atoms with Crippen molar-refractivity contribution in [3.63, 3.8) is 0 Å². The summed E-state index contributed by atoms with van der Waals surface area (Å²) in [5.41, 5.74) is 1.87. The lowest BCUT2D eigenvalue weighted by atomic mass is 10.1. The Kier molecular flexibility index (Phi) is 4.97. The van der Waals surface area contributed by atoms with E-state index in [2.05, 4.69) is 4.98 Å². The van der Waals surface area contributed by atoms with E-state index in [4.69, 9.17) is 5.41 Å². The van der Waals surface area contributed by atoms with Crippen molar-refractivity contribution >= 4 is 22.8 Å². The minimum absolute atomic E-state index is 0. The number of nitrogens with zero attached hydrogens (tertiary/aromatic N) is 2. The molecule has 2 aromatic rings. The van der Waals surface area contributed by atoms with Gasteiger partial charge in [-0.05, 0) is 13.0 Å². The molecule has 0 amide bonds. The summed E-state index contributed by atoms with van der Waals surface area (Å²) in [6.45, 7) is 2.13. The van der Waals surface area contributed by atoms with Gasteiger partial charge >= 0.3 is 0 Å². The maximum absolute atomic E-state index is 11.9. The molecule has 0 saturated heterocycles. The third kappa shape index (κ3) is 3.37. The van der Waals surface area contributed by atoms with E-state index in [9.17, 15) is 4.79 Å². The van der Waals surface area contributed by atoms with E-state index in [1.165, 1.54) is 10.8 Å². The predicted octanol–water partition coefficient (Wildman–Crippen LogP) is 2.13. The van der Waals surface area contributed by atoms with E-state index in [0.29, 0.717) is 5.56 Å². The molecule has 94 valence electrons. The van der Waals surface area contributed by atoms with Gasteiger partial charge in [-0.1, -0.05) is 29.8 Å². The fourth-order valence-electron chi connectivity index (χ4n) is 1.51. The molecule has 0 aliphatic rings. The molecule has 5 heteroatoms. The minimum Gasteiger partial charge on any atom is -0.310 e. The summed E-state index contributed by atoms with van der Waals surface area (Å²) in [7, 11) is 0. The maximum Gasteiger partial charge on any atom is 0.222 e. The Morgan fingerprint density at radius 2 is 2.00 bits per heavy atom. The first-order valence-electron chi connectivity index (χ1n) is 5.33. The molecule has 1 heterocycles. The SMILES string of the molecule is Br.Cc1ccc(C(=O)Cn2cccnc2=N)cc1. The molecule has 0 unspecified atom stereocenters. The number of carbonyl (C=O) groups excluding carboxylic acids is 1. The Morgan fingerprint density at radius 3 is 2.61 bits per heavy atom. The Bertz CT molecular complexity index is 590. The Hall–Kier alpha value is -1.75. The van der Waals surface area contributed by atoms with Gasteiger partial charge in [0.15, 0.2) is 5.78 Å². The lowest BCUT2D eigenvalue weighted by molar-refractivity contribution is 0.0969. The van der Waals surface area contributed by atoms with Gasteiger partial charge in [-0.15, -0.1) is 17.0 Å². The molecule has 0 fully saturated rings. The van der Waals surface area contributed by atoms with Gasteiger partial charge in [0.2, 0.25) is 5.62 Å². The van der Waals surface area contributed by atoms with Gasteiger partial charge in [-0.3, -0.25) is 10.2 Å². The van der Waals surface area contributed by atoms with Crippen molar-refractivity contribution in [1.29, 1.82) is 5.41 Å². The fourth-order valence-corrected chi connectivity index (χ4v) is 1.51. The highest BCUT2D eigenvalue weighted by molar-refractivity contribution is 8.93. The lowest BCUT2D eigenvalue weighted by Crippen LogP contribution is -2.25. The Labute approximate surface area is 116 Å². The highest BCUT2D eigenvalue weighted by Crippen LogP contribution is 2.04. The summed E-state index contributed by atoms with van der Waals surface area (Å²) in [5, 5.41) is 7.56. The van der Waals surface area contributed by atoms with Crippen LogP contribution < -0.4 is 5.62 Å². The van der Waals surface area contributed by atoms with E-state index in [0.717, 1.165) is 5.56 Å². The van der Waals surface area contributed by atoms with E-state index in [1.807, 2.05) is 19.1 Å². The molecule has 1 aromatic heterocycles. The topological polar surface area (TPSA) is 58.7 Å². The van der Waals surface area contributed by atoms with Crippen LogP contribution in [-0.4, -0.2) is 15.3 Å². The third-order valence-corrected chi connectivity index (χ3v) is 2.51. The highest BCUT2D eigenvalue weighted by Gasteiger charge is 2.06. The molecule has 18 heavy (non-hydrogen) atoms. The van der Waals surface area contributed by atoms with Crippen molar-refractivity contribution in [2.45, 2.75) is 13.5 Å². The van der Waals surface area contributed by atoms with Crippen LogP contribution in [0.15, 0.2) is 42.7 Å². The monoisotopic (exact) mass is 307 g/mol. The first-order valence-corrected chi connectivity index (χ1v) is 5.33. The normalized spacial score (nSPS) is 9.61. The highest BCUT2D eigenvalue weighted by atomic mass is 79.9. The van der Waals surface area contributed by atoms with E-state index < -0.39 is 0 Å². The minimum atomic E-state index is -0.0171. The fraction of sp³-hybridized carbons (Fsp3) is 0.154. The first kappa shape index (κ1) is 14.3. The number of hydrogen-bond donors (Lipinski definition) is 1. The molecule has 0 saturated carbocycles. The Balaban J connectivity index is 0.00000162. The molecule has 0 aliphatic carbocycles. The van der Waals surface area contributed by atoms with E-state index in [-0.39, 0.29) is 34.9 Å². The summed E-state index contributed by atoms with van der Waals surface area (Å²) in [4.78, 5) is 15.8. The lowest BCUT2D eigenvalue weighted by Gasteiger charge is -2.05. The standard InChI is InChI=1S/C13H13N3O.BrH/c1-10-3-5-11(6-4-10)12(17)9-16-8-2-7-15-13(16)14;/h2-8,14H,9H2,1H3;1H. The van der Waals surface area contributed by atoms with Crippen LogP contribution in [0.4, 0.5) is 0 Å². The molecule has 2 rings (SSSR count). The smallest absolute Gasteiger partial charge is 0.222 e. The predicted molar refractivity (Wildman–Crippen MR) is 73.9 cm³/mol. The molecule has 0 aliphatic heterocycles. The number of hydrogen-bond acceptors (Lipinski definition) is 3. The Morgan fingerprint density at radius 1 is 1.33 bits per heavy atom. The number of Topliss-reactive ketones (excluding diaryl/α,β-unsaturated/α-hetero) is 1. The molecular formula is C13H14BrN3O. The number of nitrogens with one attached hydrogen (secondary N) is 1. The quantitative estimate of drug-likeness (QED) is 0.883. The number of aromatic nitrogens is 2. The number of ketones is 1. The van der Waals surface area contributed by atoms with Crippen LogP contribution in [0.25, 0.3) is 0 Å². The molecule has 1 N–H and O–H groups in total. The number of benzene rings is 1. The van der Waals surface area contributed by atoms with Gasteiger partial charge in [0.1, 0.15) is 0 Å². The second kappa shape index (κ2) is 6.26. The number of carbonyl (C=O) groups is 1. The summed E-state index contributed by atoms with van der Waals surface area (Å²) < 4.78 is 1.52. The summed E-state index contributed by atoms with van der Waals surface area (Å²) >= 11 is 0. The van der Waals surface area contributed by atoms with Crippen LogP contribution in [0.1, 0.15) is 15.9 Å². The van der Waals surface area contributed by atoms with Gasteiger partial charge < -0.3 is 4.57 Å². The molecular weight excluding hydrogens is 294 g/mol. The van der Waals surface area contributed by atoms with Crippen LogP contribution in [0, 0.1) is 12.3 Å². The zero-order valence-corrected chi connectivity index (χ0v) is 11.7.